The molecule has 1 aromatic heterocycles. The molecule has 0 saturated carbocycles. The smallest absolute Gasteiger partial charge is 0.341 e. The number of thiazole rings is 1. The lowest BCUT2D eigenvalue weighted by atomic mass is 10.0. The number of nitrogens with zero attached hydrogens (tertiary/aromatic N) is 1. The minimum absolute atomic E-state index is 0.296. The van der Waals surface area contributed by atoms with Gasteiger partial charge in [0.15, 0.2) is 6.61 Å². The second-order valence-corrected chi connectivity index (χ2v) is 9.94. The summed E-state index contributed by atoms with van der Waals surface area (Å²) in [5.74, 6) is 0.954. The quantitative estimate of drug-likeness (QED) is 0.199. The molecule has 1 N–H and O–H groups in total. The molecule has 0 amide bonds. The normalized spacial score (nSPS) is 10.7. The Morgan fingerprint density at radius 2 is 1.44 bits per heavy atom. The molecule has 196 valence electrons. The van der Waals surface area contributed by atoms with E-state index in [9.17, 15) is 4.79 Å². The second kappa shape index (κ2) is 11.8. The molecule has 0 aliphatic heterocycles. The molecule has 0 spiro atoms. The van der Waals surface area contributed by atoms with E-state index in [4.69, 9.17) is 24.3 Å². The van der Waals surface area contributed by atoms with Crippen molar-refractivity contribution in [2.45, 2.75) is 13.5 Å². The summed E-state index contributed by atoms with van der Waals surface area (Å²) in [6.45, 7) is 1.76. The fourth-order valence-corrected chi connectivity index (χ4v) is 5.17. The molecule has 0 aliphatic rings. The van der Waals surface area contributed by atoms with Crippen LogP contribution in [0.25, 0.3) is 32.8 Å². The molecule has 1 heterocycles. The first kappa shape index (κ1) is 26.0. The molecule has 0 radical (unpaired) electrons. The number of aryl methyl sites for hydroxylation is 1. The topological polar surface area (TPSA) is 77.9 Å². The first-order chi connectivity index (χ1) is 19.0. The molecule has 0 atom stereocenters. The van der Waals surface area contributed by atoms with E-state index < -0.39 is 5.97 Å². The summed E-state index contributed by atoms with van der Waals surface area (Å²) in [6.07, 6.45) is 0. The van der Waals surface area contributed by atoms with Gasteiger partial charge in [0, 0.05) is 5.56 Å². The second-order valence-electron chi connectivity index (χ2n) is 8.86. The molecule has 0 saturated heterocycles. The van der Waals surface area contributed by atoms with Gasteiger partial charge in [-0.3, -0.25) is 0 Å². The van der Waals surface area contributed by atoms with Crippen molar-refractivity contribution in [1.82, 2.24) is 4.98 Å². The predicted molar refractivity (Wildman–Crippen MR) is 154 cm³/mol. The van der Waals surface area contributed by atoms with Crippen molar-refractivity contribution in [3.05, 3.63) is 108 Å². The first-order valence-corrected chi connectivity index (χ1v) is 13.2. The number of rotatable bonds is 10. The number of hydrogen-bond donors (Lipinski definition) is 1. The molecular weight excluding hydrogens is 510 g/mol. The fraction of sp³-hybridized carbons (Fsp3) is 0.125. The SMILES string of the molecule is COc1ccc(-c2sc(COc3ccc(OCC(=O)O)c(C)c3)nc2-c2ccc(-c3ccccc3)cc2)cc1. The Bertz CT molecular complexity index is 1560. The van der Waals surface area contributed by atoms with E-state index in [1.54, 1.807) is 30.6 Å². The first-order valence-electron chi connectivity index (χ1n) is 12.4. The Kier molecular flexibility index (Phi) is 7.89. The molecule has 0 unspecified atom stereocenters. The summed E-state index contributed by atoms with van der Waals surface area (Å²) in [4.78, 5) is 16.8. The van der Waals surface area contributed by atoms with Crippen LogP contribution in [0.3, 0.4) is 0 Å². The van der Waals surface area contributed by atoms with Gasteiger partial charge in [-0.1, -0.05) is 54.6 Å². The van der Waals surface area contributed by atoms with Gasteiger partial charge in [0.2, 0.25) is 0 Å². The third kappa shape index (κ3) is 6.27. The lowest BCUT2D eigenvalue weighted by Gasteiger charge is -2.09. The molecule has 7 heteroatoms. The maximum Gasteiger partial charge on any atom is 0.341 e. The van der Waals surface area contributed by atoms with E-state index >= 15 is 0 Å². The summed E-state index contributed by atoms with van der Waals surface area (Å²) >= 11 is 1.59. The Morgan fingerprint density at radius 3 is 2.10 bits per heavy atom. The number of aromatic nitrogens is 1. The van der Waals surface area contributed by atoms with Crippen LogP contribution in [0.5, 0.6) is 17.2 Å². The Labute approximate surface area is 231 Å². The predicted octanol–water partition coefficient (Wildman–Crippen LogP) is 7.50. The molecule has 0 fully saturated rings. The van der Waals surface area contributed by atoms with Crippen LogP contribution in [0.15, 0.2) is 97.1 Å². The van der Waals surface area contributed by atoms with Crippen LogP contribution < -0.4 is 14.2 Å². The molecule has 0 bridgehead atoms. The minimum atomic E-state index is -1.02. The van der Waals surface area contributed by atoms with Gasteiger partial charge in [-0.2, -0.15) is 0 Å². The number of carboxylic acid groups (broad SMARTS) is 1. The van der Waals surface area contributed by atoms with Gasteiger partial charge in [-0.25, -0.2) is 9.78 Å². The van der Waals surface area contributed by atoms with E-state index in [2.05, 4.69) is 36.4 Å². The zero-order valence-electron chi connectivity index (χ0n) is 21.6. The number of methoxy groups -OCH3 is 1. The Morgan fingerprint density at radius 1 is 0.795 bits per heavy atom. The maximum absolute atomic E-state index is 10.8. The van der Waals surface area contributed by atoms with Crippen LogP contribution in [0, 0.1) is 6.92 Å². The van der Waals surface area contributed by atoms with Crippen molar-refractivity contribution >= 4 is 17.3 Å². The lowest BCUT2D eigenvalue weighted by molar-refractivity contribution is -0.139. The zero-order valence-corrected chi connectivity index (χ0v) is 22.4. The van der Waals surface area contributed by atoms with Crippen LogP contribution in [-0.4, -0.2) is 29.8 Å². The number of carbonyl (C=O) groups is 1. The third-order valence-corrected chi connectivity index (χ3v) is 7.23. The van der Waals surface area contributed by atoms with Gasteiger partial charge in [0.1, 0.15) is 28.9 Å². The molecule has 5 rings (SSSR count). The molecule has 0 aliphatic carbocycles. The number of carboxylic acids is 1. The molecule has 5 aromatic rings. The number of benzene rings is 4. The Balaban J connectivity index is 1.41. The van der Waals surface area contributed by atoms with E-state index in [0.29, 0.717) is 18.1 Å². The van der Waals surface area contributed by atoms with Crippen LogP contribution in [0.2, 0.25) is 0 Å². The monoisotopic (exact) mass is 537 g/mol. The van der Waals surface area contributed by atoms with Crippen molar-refractivity contribution in [2.75, 3.05) is 13.7 Å². The third-order valence-electron chi connectivity index (χ3n) is 6.15. The van der Waals surface area contributed by atoms with Crippen molar-refractivity contribution in [1.29, 1.82) is 0 Å². The molecule has 6 nitrogen and oxygen atoms in total. The van der Waals surface area contributed by atoms with E-state index in [-0.39, 0.29) is 6.61 Å². The van der Waals surface area contributed by atoms with Crippen molar-refractivity contribution in [2.24, 2.45) is 0 Å². The summed E-state index contributed by atoms with van der Waals surface area (Å²) < 4.78 is 16.7. The van der Waals surface area contributed by atoms with Gasteiger partial charge in [0.25, 0.3) is 0 Å². The highest BCUT2D eigenvalue weighted by Gasteiger charge is 2.16. The summed E-state index contributed by atoms with van der Waals surface area (Å²) in [7, 11) is 1.66. The average Bonchev–Trinajstić information content (AvgIpc) is 3.40. The lowest BCUT2D eigenvalue weighted by Crippen LogP contribution is -2.10. The number of aliphatic carboxylic acids is 1. The van der Waals surface area contributed by atoms with Gasteiger partial charge in [-0.15, -0.1) is 11.3 Å². The highest BCUT2D eigenvalue weighted by molar-refractivity contribution is 7.15. The summed E-state index contributed by atoms with van der Waals surface area (Å²) in [6, 6.07) is 32.0. The molecular formula is C32H27NO5S. The zero-order chi connectivity index (χ0) is 27.2. The largest absolute Gasteiger partial charge is 0.497 e. The Hall–Kier alpha value is -4.62. The highest BCUT2D eigenvalue weighted by Crippen LogP contribution is 2.38. The van der Waals surface area contributed by atoms with E-state index in [0.717, 1.165) is 43.6 Å². The number of ether oxygens (including phenoxy) is 3. The highest BCUT2D eigenvalue weighted by atomic mass is 32.1. The fourth-order valence-electron chi connectivity index (χ4n) is 4.17. The standard InChI is InChI=1S/C32H27NO5S/c1-21-18-27(16-17-28(21)38-20-30(34)35)37-19-29-33-31(32(39-29)25-12-14-26(36-2)15-13-25)24-10-8-23(9-11-24)22-6-4-3-5-7-22/h3-18H,19-20H2,1-2H3,(H,34,35). The van der Waals surface area contributed by atoms with Gasteiger partial charge < -0.3 is 19.3 Å². The summed E-state index contributed by atoms with van der Waals surface area (Å²) in [5.41, 5.74) is 6.09. The summed E-state index contributed by atoms with van der Waals surface area (Å²) in [5, 5.41) is 9.69. The minimum Gasteiger partial charge on any atom is -0.497 e. The average molecular weight is 538 g/mol. The van der Waals surface area contributed by atoms with Crippen molar-refractivity contribution in [3.63, 3.8) is 0 Å². The van der Waals surface area contributed by atoms with Crippen LogP contribution in [-0.2, 0) is 11.4 Å². The van der Waals surface area contributed by atoms with Gasteiger partial charge in [0.05, 0.1) is 17.7 Å². The van der Waals surface area contributed by atoms with E-state index in [1.165, 1.54) is 5.56 Å². The van der Waals surface area contributed by atoms with Gasteiger partial charge in [-0.05, 0) is 71.6 Å². The van der Waals surface area contributed by atoms with Crippen LogP contribution in [0.4, 0.5) is 0 Å². The molecule has 4 aromatic carbocycles. The maximum atomic E-state index is 10.8. The van der Waals surface area contributed by atoms with Crippen LogP contribution in [0.1, 0.15) is 10.6 Å². The van der Waals surface area contributed by atoms with E-state index in [1.807, 2.05) is 55.5 Å². The van der Waals surface area contributed by atoms with Crippen molar-refractivity contribution in [3.8, 4) is 50.1 Å². The van der Waals surface area contributed by atoms with Crippen molar-refractivity contribution < 1.29 is 24.1 Å². The van der Waals surface area contributed by atoms with Gasteiger partial charge >= 0.3 is 5.97 Å². The number of hydrogen-bond acceptors (Lipinski definition) is 6. The molecule has 39 heavy (non-hydrogen) atoms. The van der Waals surface area contributed by atoms with Crippen LogP contribution >= 0.6 is 11.3 Å².